The van der Waals surface area contributed by atoms with Crippen molar-refractivity contribution in [1.82, 2.24) is 0 Å². The Morgan fingerprint density at radius 2 is 1.72 bits per heavy atom. The predicted octanol–water partition coefficient (Wildman–Crippen LogP) is 2.43. The summed E-state index contributed by atoms with van der Waals surface area (Å²) in [5.41, 5.74) is 0.654. The van der Waals surface area contributed by atoms with E-state index in [0.29, 0.717) is 5.69 Å². The highest BCUT2D eigenvalue weighted by molar-refractivity contribution is 5.84. The largest absolute Gasteiger partial charge is 0.462 e. The van der Waals surface area contributed by atoms with Crippen LogP contribution in [0, 0.1) is 5.92 Å². The molecule has 0 aromatic heterocycles. The van der Waals surface area contributed by atoms with Gasteiger partial charge in [0.15, 0.2) is 0 Å². The van der Waals surface area contributed by atoms with Crippen LogP contribution in [-0.4, -0.2) is 25.3 Å². The van der Waals surface area contributed by atoms with Crippen LogP contribution < -0.4 is 5.32 Å². The quantitative estimate of drug-likeness (QED) is 0.644. The van der Waals surface area contributed by atoms with Crippen molar-refractivity contribution in [2.45, 2.75) is 13.8 Å². The molecule has 0 heterocycles. The second kappa shape index (κ2) is 7.32. The summed E-state index contributed by atoms with van der Waals surface area (Å²) in [6, 6.07) is 8.96. The Kier molecular flexibility index (Phi) is 5.70. The van der Waals surface area contributed by atoms with Crippen molar-refractivity contribution in [3.8, 4) is 0 Å². The van der Waals surface area contributed by atoms with E-state index in [1.54, 1.807) is 38.1 Å². The second-order valence-corrected chi connectivity index (χ2v) is 3.95. The molecular weight excluding hydrogens is 234 g/mol. The van der Waals surface area contributed by atoms with Crippen LogP contribution in [0.25, 0.3) is 0 Å². The first-order valence-corrected chi connectivity index (χ1v) is 5.75. The minimum atomic E-state index is -0.568. The molecule has 1 amide bonds. The van der Waals surface area contributed by atoms with Crippen molar-refractivity contribution in [2.24, 2.45) is 5.92 Å². The third kappa shape index (κ3) is 5.34. The Bertz CT molecular complexity index is 389. The number of hydrogen-bond acceptors (Lipinski definition) is 4. The minimum Gasteiger partial charge on any atom is -0.462 e. The van der Waals surface area contributed by atoms with E-state index in [2.05, 4.69) is 5.32 Å². The maximum atomic E-state index is 11.3. The summed E-state index contributed by atoms with van der Waals surface area (Å²) < 4.78 is 9.71. The third-order valence-electron chi connectivity index (χ3n) is 2.05. The first-order valence-electron chi connectivity index (χ1n) is 5.75. The molecule has 0 saturated carbocycles. The summed E-state index contributed by atoms with van der Waals surface area (Å²) >= 11 is 0. The number of para-hydroxylation sites is 1. The molecule has 0 saturated heterocycles. The molecule has 0 unspecified atom stereocenters. The number of carbonyl (C=O) groups excluding carboxylic acids is 2. The smallest absolute Gasteiger partial charge is 0.411 e. The van der Waals surface area contributed by atoms with Gasteiger partial charge in [-0.1, -0.05) is 32.0 Å². The molecule has 0 bridgehead atoms. The van der Waals surface area contributed by atoms with Crippen LogP contribution in [0.4, 0.5) is 10.5 Å². The van der Waals surface area contributed by atoms with Crippen molar-refractivity contribution in [2.75, 3.05) is 18.5 Å². The van der Waals surface area contributed by atoms with Gasteiger partial charge in [-0.3, -0.25) is 10.1 Å². The molecule has 0 fully saturated rings. The molecule has 1 aromatic rings. The van der Waals surface area contributed by atoms with Crippen molar-refractivity contribution in [3.63, 3.8) is 0 Å². The van der Waals surface area contributed by atoms with Gasteiger partial charge in [-0.05, 0) is 12.1 Å². The summed E-state index contributed by atoms with van der Waals surface area (Å²) in [5, 5.41) is 2.55. The van der Waals surface area contributed by atoms with Crippen LogP contribution in [0.2, 0.25) is 0 Å². The van der Waals surface area contributed by atoms with Gasteiger partial charge < -0.3 is 9.47 Å². The van der Waals surface area contributed by atoms with Crippen LogP contribution in [0.15, 0.2) is 30.3 Å². The maximum absolute atomic E-state index is 11.3. The highest BCUT2D eigenvalue weighted by atomic mass is 16.6. The van der Waals surface area contributed by atoms with E-state index in [4.69, 9.17) is 9.47 Å². The average Bonchev–Trinajstić information content (AvgIpc) is 2.35. The van der Waals surface area contributed by atoms with Crippen LogP contribution in [0.3, 0.4) is 0 Å². The molecule has 1 aromatic carbocycles. The van der Waals surface area contributed by atoms with Gasteiger partial charge in [0, 0.05) is 5.69 Å². The Morgan fingerprint density at radius 3 is 2.33 bits per heavy atom. The van der Waals surface area contributed by atoms with Gasteiger partial charge in [0.25, 0.3) is 0 Å². The van der Waals surface area contributed by atoms with Gasteiger partial charge in [-0.15, -0.1) is 0 Å². The normalized spacial score (nSPS) is 9.94. The lowest BCUT2D eigenvalue weighted by atomic mass is 10.2. The summed E-state index contributed by atoms with van der Waals surface area (Å²) in [4.78, 5) is 22.4. The summed E-state index contributed by atoms with van der Waals surface area (Å²) in [6.45, 7) is 3.59. The highest BCUT2D eigenvalue weighted by Gasteiger charge is 2.08. The van der Waals surface area contributed by atoms with Crippen molar-refractivity contribution in [1.29, 1.82) is 0 Å². The van der Waals surface area contributed by atoms with Gasteiger partial charge in [0.2, 0.25) is 0 Å². The Labute approximate surface area is 106 Å². The molecule has 0 atom stereocenters. The molecule has 1 rings (SSSR count). The van der Waals surface area contributed by atoms with Gasteiger partial charge in [0.05, 0.1) is 5.92 Å². The minimum absolute atomic E-state index is 0.0388. The van der Waals surface area contributed by atoms with E-state index in [0.717, 1.165) is 0 Å². The van der Waals surface area contributed by atoms with Crippen molar-refractivity contribution >= 4 is 17.7 Å². The van der Waals surface area contributed by atoms with Crippen LogP contribution in [0.1, 0.15) is 13.8 Å². The number of hydrogen-bond donors (Lipinski definition) is 1. The molecule has 0 radical (unpaired) electrons. The fourth-order valence-corrected chi connectivity index (χ4v) is 1.12. The molecule has 0 aliphatic rings. The molecule has 0 aliphatic heterocycles. The zero-order valence-electron chi connectivity index (χ0n) is 10.5. The number of esters is 1. The van der Waals surface area contributed by atoms with Crippen LogP contribution in [-0.2, 0) is 14.3 Å². The average molecular weight is 251 g/mol. The zero-order chi connectivity index (χ0) is 13.4. The van der Waals surface area contributed by atoms with Crippen LogP contribution in [0.5, 0.6) is 0 Å². The molecule has 0 aliphatic carbocycles. The summed E-state index contributed by atoms with van der Waals surface area (Å²) in [7, 11) is 0. The Morgan fingerprint density at radius 1 is 1.11 bits per heavy atom. The topological polar surface area (TPSA) is 64.6 Å². The number of rotatable bonds is 5. The number of carbonyl (C=O) groups is 2. The molecule has 18 heavy (non-hydrogen) atoms. The molecule has 98 valence electrons. The van der Waals surface area contributed by atoms with Gasteiger partial charge >= 0.3 is 12.1 Å². The Balaban J connectivity index is 2.16. The number of benzene rings is 1. The molecule has 5 nitrogen and oxygen atoms in total. The molecule has 0 spiro atoms. The van der Waals surface area contributed by atoms with Crippen LogP contribution >= 0.6 is 0 Å². The SMILES string of the molecule is CC(C)C(=O)OCCOC(=O)Nc1ccccc1. The van der Waals surface area contributed by atoms with E-state index < -0.39 is 6.09 Å². The van der Waals surface area contributed by atoms with Crippen molar-refractivity contribution < 1.29 is 19.1 Å². The summed E-state index contributed by atoms with van der Waals surface area (Å²) in [6.07, 6.45) is -0.568. The van der Waals surface area contributed by atoms with Gasteiger partial charge in [-0.25, -0.2) is 4.79 Å². The molecular formula is C13H17NO4. The monoisotopic (exact) mass is 251 g/mol. The maximum Gasteiger partial charge on any atom is 0.411 e. The highest BCUT2D eigenvalue weighted by Crippen LogP contribution is 2.05. The Hall–Kier alpha value is -2.04. The van der Waals surface area contributed by atoms with Gasteiger partial charge in [0.1, 0.15) is 13.2 Å². The van der Waals surface area contributed by atoms with Crippen molar-refractivity contribution in [3.05, 3.63) is 30.3 Å². The number of amides is 1. The number of nitrogens with one attached hydrogen (secondary N) is 1. The standard InChI is InChI=1S/C13H17NO4/c1-10(2)12(15)17-8-9-18-13(16)14-11-6-4-3-5-7-11/h3-7,10H,8-9H2,1-2H3,(H,14,16). The first kappa shape index (κ1) is 14.0. The number of ether oxygens (including phenoxy) is 2. The number of anilines is 1. The van der Waals surface area contributed by atoms with E-state index >= 15 is 0 Å². The summed E-state index contributed by atoms with van der Waals surface area (Å²) in [5.74, 6) is -0.481. The van der Waals surface area contributed by atoms with E-state index in [1.165, 1.54) is 0 Å². The first-order chi connectivity index (χ1) is 8.59. The lowest BCUT2D eigenvalue weighted by Gasteiger charge is -2.08. The predicted molar refractivity (Wildman–Crippen MR) is 67.2 cm³/mol. The second-order valence-electron chi connectivity index (χ2n) is 3.95. The van der Waals surface area contributed by atoms with E-state index in [9.17, 15) is 9.59 Å². The van der Waals surface area contributed by atoms with E-state index in [1.807, 2.05) is 6.07 Å². The molecule has 1 N–H and O–H groups in total. The fraction of sp³-hybridized carbons (Fsp3) is 0.385. The molecule has 5 heteroatoms. The lowest BCUT2D eigenvalue weighted by molar-refractivity contribution is -0.148. The zero-order valence-corrected chi connectivity index (χ0v) is 10.5. The third-order valence-corrected chi connectivity index (χ3v) is 2.05. The lowest BCUT2D eigenvalue weighted by Crippen LogP contribution is -2.19. The van der Waals surface area contributed by atoms with E-state index in [-0.39, 0.29) is 25.1 Å². The van der Waals surface area contributed by atoms with Gasteiger partial charge in [-0.2, -0.15) is 0 Å². The fourth-order valence-electron chi connectivity index (χ4n) is 1.12.